The molecule has 33 heavy (non-hydrogen) atoms. The first kappa shape index (κ1) is 29.8. The average Bonchev–Trinajstić information content (AvgIpc) is 3.25. The SMILES string of the molecule is C#C.C=O.CCN(C)CC.CNC(C)N1CC(O)(c2ccccc2)C(c2ccc(O)cc2)=N1. The van der Waals surface area contributed by atoms with E-state index in [-0.39, 0.29) is 11.9 Å². The fourth-order valence-corrected chi connectivity index (χ4v) is 3.01. The summed E-state index contributed by atoms with van der Waals surface area (Å²) in [5, 5.41) is 30.5. The Hall–Kier alpha value is -3.18. The highest BCUT2D eigenvalue weighted by Gasteiger charge is 2.44. The molecule has 0 aliphatic carbocycles. The van der Waals surface area contributed by atoms with Gasteiger partial charge in [-0.1, -0.05) is 44.2 Å². The molecule has 1 aliphatic rings. The van der Waals surface area contributed by atoms with Gasteiger partial charge in [-0.15, -0.1) is 12.8 Å². The van der Waals surface area contributed by atoms with Crippen molar-refractivity contribution in [3.05, 3.63) is 65.7 Å². The molecule has 0 radical (unpaired) electrons. The molecule has 0 amide bonds. The summed E-state index contributed by atoms with van der Waals surface area (Å²) < 4.78 is 0. The predicted octanol–water partition coefficient (Wildman–Crippen LogP) is 2.89. The van der Waals surface area contributed by atoms with E-state index in [4.69, 9.17) is 4.79 Å². The Balaban J connectivity index is 0.000000880. The molecule has 7 nitrogen and oxygen atoms in total. The smallest absolute Gasteiger partial charge is 0.153 e. The van der Waals surface area contributed by atoms with Gasteiger partial charge in [0.05, 0.1) is 12.7 Å². The molecule has 0 fully saturated rings. The van der Waals surface area contributed by atoms with Gasteiger partial charge in [0.25, 0.3) is 0 Å². The first-order valence-electron chi connectivity index (χ1n) is 10.8. The molecule has 1 aliphatic heterocycles. The van der Waals surface area contributed by atoms with E-state index in [1.165, 1.54) is 0 Å². The van der Waals surface area contributed by atoms with Crippen molar-refractivity contribution < 1.29 is 15.0 Å². The fraction of sp³-hybridized carbons (Fsp3) is 0.385. The Morgan fingerprint density at radius 2 is 1.64 bits per heavy atom. The van der Waals surface area contributed by atoms with Crippen LogP contribution in [0.4, 0.5) is 0 Å². The number of hydrogen-bond donors (Lipinski definition) is 3. The van der Waals surface area contributed by atoms with Gasteiger partial charge in [-0.25, -0.2) is 0 Å². The molecule has 7 heteroatoms. The third-order valence-corrected chi connectivity index (χ3v) is 5.35. The number of β-amino-alcohol motifs (C(OH)–C–C–N with tert-alkyl or cyclic N) is 1. The van der Waals surface area contributed by atoms with Gasteiger partial charge >= 0.3 is 0 Å². The summed E-state index contributed by atoms with van der Waals surface area (Å²) in [6.07, 6.45) is 8.00. The molecule has 180 valence electrons. The number of rotatable bonds is 6. The summed E-state index contributed by atoms with van der Waals surface area (Å²) in [5.74, 6) is 0.191. The Morgan fingerprint density at radius 1 is 1.12 bits per heavy atom. The molecule has 2 atom stereocenters. The van der Waals surface area contributed by atoms with Gasteiger partial charge in [-0.3, -0.25) is 10.3 Å². The number of hydrogen-bond acceptors (Lipinski definition) is 7. The van der Waals surface area contributed by atoms with Crippen LogP contribution < -0.4 is 5.32 Å². The second-order valence-electron chi connectivity index (χ2n) is 7.27. The summed E-state index contributed by atoms with van der Waals surface area (Å²) in [6.45, 7) is 11.0. The normalized spacial score (nSPS) is 17.4. The van der Waals surface area contributed by atoms with Crippen molar-refractivity contribution in [3.8, 4) is 18.6 Å². The van der Waals surface area contributed by atoms with E-state index in [0.717, 1.165) is 24.2 Å². The van der Waals surface area contributed by atoms with Crippen LogP contribution in [0.1, 0.15) is 31.9 Å². The van der Waals surface area contributed by atoms with Gasteiger partial charge in [0, 0.05) is 5.56 Å². The maximum absolute atomic E-state index is 11.4. The largest absolute Gasteiger partial charge is 0.508 e. The number of phenolic OH excluding ortho intramolecular Hbond substituents is 1. The minimum Gasteiger partial charge on any atom is -0.508 e. The molecule has 0 bridgehead atoms. The van der Waals surface area contributed by atoms with Gasteiger partial charge in [0.2, 0.25) is 0 Å². The van der Waals surface area contributed by atoms with Gasteiger partial charge in [-0.05, 0) is 63.9 Å². The number of phenols is 1. The van der Waals surface area contributed by atoms with E-state index >= 15 is 0 Å². The molecule has 2 aromatic rings. The lowest BCUT2D eigenvalue weighted by atomic mass is 9.86. The number of nitrogens with zero attached hydrogens (tertiary/aromatic N) is 3. The topological polar surface area (TPSA) is 88.4 Å². The Labute approximate surface area is 198 Å². The van der Waals surface area contributed by atoms with E-state index in [0.29, 0.717) is 12.3 Å². The van der Waals surface area contributed by atoms with E-state index in [1.807, 2.05) is 56.1 Å². The minimum absolute atomic E-state index is 0.000137. The molecular formula is C26H38N4O3. The summed E-state index contributed by atoms with van der Waals surface area (Å²) in [6, 6.07) is 16.3. The Kier molecular flexibility index (Phi) is 14.1. The molecule has 1 heterocycles. The van der Waals surface area contributed by atoms with Crippen LogP contribution in [0.25, 0.3) is 0 Å². The minimum atomic E-state index is -1.19. The Morgan fingerprint density at radius 3 is 2.06 bits per heavy atom. The first-order chi connectivity index (χ1) is 15.8. The summed E-state index contributed by atoms with van der Waals surface area (Å²) >= 11 is 0. The van der Waals surface area contributed by atoms with E-state index in [2.05, 4.69) is 49.1 Å². The quantitative estimate of drug-likeness (QED) is 0.582. The zero-order valence-corrected chi connectivity index (χ0v) is 20.4. The van der Waals surface area contributed by atoms with Gasteiger partial charge in [0.1, 0.15) is 18.3 Å². The molecule has 2 aromatic carbocycles. The molecule has 0 aromatic heterocycles. The number of benzene rings is 2. The van der Waals surface area contributed by atoms with Gasteiger partial charge in [0.15, 0.2) is 5.60 Å². The van der Waals surface area contributed by atoms with Gasteiger partial charge in [-0.2, -0.15) is 5.10 Å². The lowest BCUT2D eigenvalue weighted by Crippen LogP contribution is -2.43. The van der Waals surface area contributed by atoms with Crippen LogP contribution in [0.15, 0.2) is 59.7 Å². The Bertz CT molecular complexity index is 836. The van der Waals surface area contributed by atoms with Crippen molar-refractivity contribution in [2.75, 3.05) is 33.7 Å². The summed E-state index contributed by atoms with van der Waals surface area (Å²) in [5.41, 5.74) is 0.993. The molecule has 0 saturated carbocycles. The third kappa shape index (κ3) is 8.35. The number of nitrogens with one attached hydrogen (secondary N) is 1. The van der Waals surface area contributed by atoms with Crippen molar-refractivity contribution in [2.45, 2.75) is 32.5 Å². The van der Waals surface area contributed by atoms with Crippen LogP contribution in [-0.4, -0.2) is 72.5 Å². The van der Waals surface area contributed by atoms with Crippen molar-refractivity contribution >= 4 is 12.5 Å². The third-order valence-electron chi connectivity index (χ3n) is 5.35. The van der Waals surface area contributed by atoms with Crippen LogP contribution in [0.3, 0.4) is 0 Å². The zero-order chi connectivity index (χ0) is 25.4. The number of terminal acetylenes is 1. The maximum Gasteiger partial charge on any atom is 0.153 e. The second kappa shape index (κ2) is 15.6. The van der Waals surface area contributed by atoms with E-state index in [9.17, 15) is 10.2 Å². The number of aromatic hydroxyl groups is 1. The molecular weight excluding hydrogens is 416 g/mol. The zero-order valence-electron chi connectivity index (χ0n) is 20.4. The monoisotopic (exact) mass is 454 g/mol. The highest BCUT2D eigenvalue weighted by atomic mass is 16.3. The van der Waals surface area contributed by atoms with E-state index < -0.39 is 5.60 Å². The number of carbonyl (C=O) groups excluding carboxylic acids is 1. The highest BCUT2D eigenvalue weighted by molar-refractivity contribution is 6.08. The lowest BCUT2D eigenvalue weighted by molar-refractivity contribution is -0.0980. The summed E-state index contributed by atoms with van der Waals surface area (Å²) in [4.78, 5) is 10.2. The fourth-order valence-electron chi connectivity index (χ4n) is 3.01. The summed E-state index contributed by atoms with van der Waals surface area (Å²) in [7, 11) is 3.97. The first-order valence-corrected chi connectivity index (χ1v) is 10.8. The van der Waals surface area contributed by atoms with Crippen LogP contribution in [0.2, 0.25) is 0 Å². The second-order valence-corrected chi connectivity index (χ2v) is 7.27. The van der Waals surface area contributed by atoms with Crippen molar-refractivity contribution in [2.24, 2.45) is 5.10 Å². The molecule has 3 N–H and O–H groups in total. The average molecular weight is 455 g/mol. The van der Waals surface area contributed by atoms with Gasteiger partial charge < -0.3 is 19.9 Å². The van der Waals surface area contributed by atoms with Crippen LogP contribution in [-0.2, 0) is 10.4 Å². The predicted molar refractivity (Wildman–Crippen MR) is 136 cm³/mol. The molecule has 2 unspecified atom stereocenters. The lowest BCUT2D eigenvalue weighted by Gasteiger charge is -2.28. The van der Waals surface area contributed by atoms with Crippen LogP contribution >= 0.6 is 0 Å². The highest BCUT2D eigenvalue weighted by Crippen LogP contribution is 2.33. The van der Waals surface area contributed by atoms with Crippen molar-refractivity contribution in [1.82, 2.24) is 15.2 Å². The maximum atomic E-state index is 11.4. The molecule has 0 spiro atoms. The van der Waals surface area contributed by atoms with Crippen LogP contribution in [0.5, 0.6) is 5.75 Å². The number of carbonyl (C=O) groups is 1. The molecule has 3 rings (SSSR count). The van der Waals surface area contributed by atoms with Crippen molar-refractivity contribution in [1.29, 1.82) is 0 Å². The standard InChI is InChI=1S/C18H21N3O2.C5H13N.C2H2.CH2O/c1-13(19-2)21-12-18(23,15-6-4-3-5-7-15)17(20-21)14-8-10-16(22)11-9-14;1-4-6(3)5-2;2*1-2/h3-11,13,19,22-23H,12H2,1-2H3;4-5H2,1-3H3;1-2H;1H2. The van der Waals surface area contributed by atoms with Crippen LogP contribution in [0, 0.1) is 12.8 Å². The molecule has 0 saturated heterocycles. The van der Waals surface area contributed by atoms with Crippen molar-refractivity contribution in [3.63, 3.8) is 0 Å². The van der Waals surface area contributed by atoms with E-state index in [1.54, 1.807) is 24.3 Å². The number of hydrazone groups is 1. The number of aliphatic hydroxyl groups is 1.